The first-order chi connectivity index (χ1) is 16.4. The van der Waals surface area contributed by atoms with E-state index in [1.54, 1.807) is 30.3 Å². The van der Waals surface area contributed by atoms with Gasteiger partial charge in [-0.15, -0.1) is 0 Å². The Morgan fingerprint density at radius 1 is 0.912 bits per heavy atom. The monoisotopic (exact) mass is 458 g/mol. The van der Waals surface area contributed by atoms with Crippen LogP contribution in [0.2, 0.25) is 0 Å². The Morgan fingerprint density at radius 2 is 1.44 bits per heavy atom. The van der Waals surface area contributed by atoms with E-state index >= 15 is 0 Å². The summed E-state index contributed by atoms with van der Waals surface area (Å²) >= 11 is 0. The maximum absolute atomic E-state index is 13.1. The van der Waals surface area contributed by atoms with Gasteiger partial charge in [-0.3, -0.25) is 4.79 Å². The minimum Gasteiger partial charge on any atom is -0.480 e. The predicted octanol–water partition coefficient (Wildman–Crippen LogP) is 4.20. The van der Waals surface area contributed by atoms with Crippen LogP contribution in [-0.4, -0.2) is 47.7 Å². The molecule has 2 N–H and O–H groups in total. The van der Waals surface area contributed by atoms with E-state index in [2.05, 4.69) is 17.4 Å². The number of rotatable bonds is 7. The molecule has 34 heavy (non-hydrogen) atoms. The molecule has 0 radical (unpaired) electrons. The number of amides is 2. The van der Waals surface area contributed by atoms with Crippen LogP contribution in [0.5, 0.6) is 0 Å². The molecule has 0 heterocycles. The molecule has 7 nitrogen and oxygen atoms in total. The van der Waals surface area contributed by atoms with Crippen LogP contribution in [0.15, 0.2) is 78.9 Å². The number of carboxylic acid groups (broad SMARTS) is 1. The Balaban J connectivity index is 1.51. The first-order valence-electron chi connectivity index (χ1n) is 11.0. The van der Waals surface area contributed by atoms with Gasteiger partial charge >= 0.3 is 12.1 Å². The van der Waals surface area contributed by atoms with Crippen LogP contribution < -0.4 is 5.32 Å². The molecule has 0 aromatic heterocycles. The number of fused-ring (bicyclic) bond motifs is 3. The lowest BCUT2D eigenvalue weighted by molar-refractivity contribution is -0.149. The van der Waals surface area contributed by atoms with Crippen LogP contribution in [-0.2, 0) is 14.3 Å². The number of ether oxygens (including phenoxy) is 1. The van der Waals surface area contributed by atoms with Crippen LogP contribution in [0.1, 0.15) is 35.6 Å². The third kappa shape index (κ3) is 4.50. The van der Waals surface area contributed by atoms with Gasteiger partial charge in [0.15, 0.2) is 0 Å². The molecule has 3 aromatic carbocycles. The highest BCUT2D eigenvalue weighted by atomic mass is 16.5. The number of hydrogen-bond acceptors (Lipinski definition) is 4. The quantitative estimate of drug-likeness (QED) is 0.553. The zero-order valence-electron chi connectivity index (χ0n) is 19.0. The molecule has 0 unspecified atom stereocenters. The highest BCUT2D eigenvalue weighted by Gasteiger charge is 2.32. The average Bonchev–Trinajstić information content (AvgIpc) is 3.19. The van der Waals surface area contributed by atoms with Gasteiger partial charge in [0.1, 0.15) is 18.7 Å². The lowest BCUT2D eigenvalue weighted by Gasteiger charge is -2.27. The molecular weight excluding hydrogens is 432 g/mol. The Bertz CT molecular complexity index is 1160. The number of aliphatic carboxylic acids is 1. The lowest BCUT2D eigenvalue weighted by atomic mass is 9.98. The summed E-state index contributed by atoms with van der Waals surface area (Å²) in [4.78, 5) is 38.4. The summed E-state index contributed by atoms with van der Waals surface area (Å²) in [6, 6.07) is 22.6. The van der Waals surface area contributed by atoms with Crippen LogP contribution in [0.3, 0.4) is 0 Å². The lowest BCUT2D eigenvalue weighted by Crippen LogP contribution is -2.47. The van der Waals surface area contributed by atoms with Gasteiger partial charge in [0.2, 0.25) is 5.91 Å². The molecule has 0 saturated carbocycles. The predicted molar refractivity (Wildman–Crippen MR) is 127 cm³/mol. The van der Waals surface area contributed by atoms with Crippen LogP contribution in [0.25, 0.3) is 11.1 Å². The molecule has 0 fully saturated rings. The summed E-state index contributed by atoms with van der Waals surface area (Å²) in [6.07, 6.45) is -0.750. The van der Waals surface area contributed by atoms with E-state index in [1.807, 2.05) is 36.4 Å². The fourth-order valence-corrected chi connectivity index (χ4v) is 4.25. The number of likely N-dealkylation sites (N-methyl/N-ethyl adjacent to an activating group) is 1. The normalized spacial score (nSPS) is 13.8. The van der Waals surface area contributed by atoms with Gasteiger partial charge in [0.25, 0.3) is 0 Å². The fourth-order valence-electron chi connectivity index (χ4n) is 4.25. The van der Waals surface area contributed by atoms with E-state index in [1.165, 1.54) is 14.0 Å². The van der Waals surface area contributed by atoms with Crippen LogP contribution in [0, 0.1) is 0 Å². The summed E-state index contributed by atoms with van der Waals surface area (Å²) in [6.45, 7) is 1.52. The molecule has 0 saturated heterocycles. The van der Waals surface area contributed by atoms with Crippen molar-refractivity contribution in [1.29, 1.82) is 0 Å². The molecule has 2 amide bonds. The van der Waals surface area contributed by atoms with Crippen molar-refractivity contribution in [3.63, 3.8) is 0 Å². The Morgan fingerprint density at radius 3 is 2.00 bits per heavy atom. The Labute approximate surface area is 198 Å². The maximum Gasteiger partial charge on any atom is 0.408 e. The molecule has 7 heteroatoms. The topological polar surface area (TPSA) is 95.9 Å². The molecule has 3 aromatic rings. The first kappa shape index (κ1) is 23.0. The van der Waals surface area contributed by atoms with E-state index in [4.69, 9.17) is 4.74 Å². The van der Waals surface area contributed by atoms with Crippen molar-refractivity contribution in [2.75, 3.05) is 13.7 Å². The van der Waals surface area contributed by atoms with Crippen molar-refractivity contribution in [3.05, 3.63) is 95.6 Å². The fraction of sp³-hybridized carbons (Fsp3) is 0.222. The van der Waals surface area contributed by atoms with Crippen molar-refractivity contribution in [3.8, 4) is 11.1 Å². The number of nitrogens with one attached hydrogen (secondary N) is 1. The first-order valence-corrected chi connectivity index (χ1v) is 11.0. The molecule has 1 aliphatic rings. The Kier molecular flexibility index (Phi) is 6.63. The molecule has 4 rings (SSSR count). The molecule has 174 valence electrons. The van der Waals surface area contributed by atoms with Gasteiger partial charge in [-0.25, -0.2) is 9.59 Å². The van der Waals surface area contributed by atoms with Crippen molar-refractivity contribution >= 4 is 18.0 Å². The van der Waals surface area contributed by atoms with Gasteiger partial charge in [-0.05, 0) is 34.7 Å². The summed E-state index contributed by atoms with van der Waals surface area (Å²) < 4.78 is 5.59. The Hall–Kier alpha value is -4.13. The zero-order valence-corrected chi connectivity index (χ0v) is 19.0. The van der Waals surface area contributed by atoms with Crippen molar-refractivity contribution in [2.45, 2.75) is 24.9 Å². The number of hydrogen-bond donors (Lipinski definition) is 2. The highest BCUT2D eigenvalue weighted by molar-refractivity contribution is 5.90. The summed E-state index contributed by atoms with van der Waals surface area (Å²) in [7, 11) is 1.40. The van der Waals surface area contributed by atoms with Crippen LogP contribution >= 0.6 is 0 Å². The minimum absolute atomic E-state index is 0.108. The summed E-state index contributed by atoms with van der Waals surface area (Å²) in [5.74, 6) is -1.79. The van der Waals surface area contributed by atoms with Crippen molar-refractivity contribution in [1.82, 2.24) is 10.2 Å². The third-order valence-corrected chi connectivity index (χ3v) is 6.27. The standard InChI is InChI=1S/C27H26N2O5/c1-17(26(31)32)29(2)25(30)24(18-10-4-3-5-11-18)28-27(33)34-16-23-21-14-8-6-12-19(21)20-13-7-9-15-22(20)23/h3-15,17,23-24H,16H2,1-2H3,(H,28,33)(H,31,32)/t17-,24-/m0/s1. The van der Waals surface area contributed by atoms with Crippen LogP contribution in [0.4, 0.5) is 4.79 Å². The third-order valence-electron chi connectivity index (χ3n) is 6.27. The average molecular weight is 459 g/mol. The number of carboxylic acids is 1. The number of carbonyl (C=O) groups is 3. The molecule has 0 bridgehead atoms. The SMILES string of the molecule is C[C@@H](C(=O)O)N(C)C(=O)[C@@H](NC(=O)OCC1c2ccccc2-c2ccccc21)c1ccccc1. The van der Waals surface area contributed by atoms with Gasteiger partial charge in [-0.2, -0.15) is 0 Å². The van der Waals surface area contributed by atoms with Crippen molar-refractivity contribution in [2.24, 2.45) is 0 Å². The molecule has 1 aliphatic carbocycles. The smallest absolute Gasteiger partial charge is 0.408 e. The van der Waals surface area contributed by atoms with Crippen molar-refractivity contribution < 1.29 is 24.2 Å². The van der Waals surface area contributed by atoms with Gasteiger partial charge in [-0.1, -0.05) is 78.9 Å². The zero-order chi connectivity index (χ0) is 24.2. The van der Waals surface area contributed by atoms with Gasteiger partial charge in [0.05, 0.1) is 0 Å². The van der Waals surface area contributed by atoms with Gasteiger partial charge in [0, 0.05) is 13.0 Å². The van der Waals surface area contributed by atoms with E-state index in [9.17, 15) is 19.5 Å². The number of carbonyl (C=O) groups excluding carboxylic acids is 2. The highest BCUT2D eigenvalue weighted by Crippen LogP contribution is 2.44. The van der Waals surface area contributed by atoms with E-state index in [0.29, 0.717) is 5.56 Å². The maximum atomic E-state index is 13.1. The molecular formula is C27H26N2O5. The van der Waals surface area contributed by atoms with E-state index < -0.39 is 30.1 Å². The molecule has 0 spiro atoms. The summed E-state index contributed by atoms with van der Waals surface area (Å²) in [5.41, 5.74) is 4.94. The number of benzene rings is 3. The second-order valence-corrected chi connectivity index (χ2v) is 8.28. The number of nitrogens with zero attached hydrogens (tertiary/aromatic N) is 1. The van der Waals surface area contributed by atoms with E-state index in [-0.39, 0.29) is 12.5 Å². The van der Waals surface area contributed by atoms with Gasteiger partial charge < -0.3 is 20.1 Å². The molecule has 0 aliphatic heterocycles. The number of alkyl carbamates (subject to hydrolysis) is 1. The largest absolute Gasteiger partial charge is 0.480 e. The van der Waals surface area contributed by atoms with E-state index in [0.717, 1.165) is 27.2 Å². The molecule has 2 atom stereocenters. The second-order valence-electron chi connectivity index (χ2n) is 8.28. The minimum atomic E-state index is -1.14. The second kappa shape index (κ2) is 9.79. The summed E-state index contributed by atoms with van der Waals surface area (Å²) in [5, 5.41) is 11.9.